The zero-order valence-electron chi connectivity index (χ0n) is 15.9. The lowest BCUT2D eigenvalue weighted by atomic mass is 10.1. The molecular weight excluding hydrogens is 358 g/mol. The Hall–Kier alpha value is -2.18. The van der Waals surface area contributed by atoms with Gasteiger partial charge in [-0.1, -0.05) is 38.1 Å². The molecule has 1 saturated heterocycles. The van der Waals surface area contributed by atoms with E-state index in [9.17, 15) is 9.59 Å². The first-order chi connectivity index (χ1) is 13.1. The highest BCUT2D eigenvalue weighted by Gasteiger charge is 2.35. The molecule has 1 aromatic carbocycles. The van der Waals surface area contributed by atoms with Gasteiger partial charge in [-0.3, -0.25) is 14.5 Å². The fourth-order valence-electron chi connectivity index (χ4n) is 3.64. The molecule has 1 fully saturated rings. The number of nitrogens with one attached hydrogen (secondary N) is 1. The number of likely N-dealkylation sites (N-methyl/N-ethyl adjacent to an activating group) is 1. The van der Waals surface area contributed by atoms with Gasteiger partial charge in [0, 0.05) is 30.1 Å². The molecule has 6 heteroatoms. The van der Waals surface area contributed by atoms with Gasteiger partial charge >= 0.3 is 0 Å². The van der Waals surface area contributed by atoms with Crippen molar-refractivity contribution in [2.24, 2.45) is 5.92 Å². The Morgan fingerprint density at radius 3 is 2.59 bits per heavy atom. The molecule has 5 nitrogen and oxygen atoms in total. The Kier molecular flexibility index (Phi) is 6.63. The molecule has 2 amide bonds. The molecule has 0 aliphatic carbocycles. The van der Waals surface area contributed by atoms with E-state index in [-0.39, 0.29) is 30.2 Å². The van der Waals surface area contributed by atoms with Gasteiger partial charge in [0.1, 0.15) is 0 Å². The van der Waals surface area contributed by atoms with Crippen molar-refractivity contribution in [3.63, 3.8) is 0 Å². The number of para-hydroxylation sites is 1. The van der Waals surface area contributed by atoms with Gasteiger partial charge in [0.05, 0.1) is 12.0 Å². The quantitative estimate of drug-likeness (QED) is 0.759. The number of carbonyl (C=O) groups is 2. The number of carbonyl (C=O) groups excluding carboxylic acids is 2. The van der Waals surface area contributed by atoms with Crippen LogP contribution in [0.4, 0.5) is 5.69 Å². The van der Waals surface area contributed by atoms with Crippen LogP contribution < -0.4 is 10.2 Å². The first kappa shape index (κ1) is 19.6. The van der Waals surface area contributed by atoms with Crippen molar-refractivity contribution in [2.75, 3.05) is 31.1 Å². The average Bonchev–Trinajstić information content (AvgIpc) is 3.35. The highest BCUT2D eigenvalue weighted by Crippen LogP contribution is 2.27. The number of thiophene rings is 1. The van der Waals surface area contributed by atoms with Crippen LogP contribution in [-0.4, -0.2) is 42.9 Å². The highest BCUT2D eigenvalue weighted by molar-refractivity contribution is 7.10. The van der Waals surface area contributed by atoms with E-state index in [0.717, 1.165) is 18.8 Å². The number of hydrogen-bond acceptors (Lipinski definition) is 4. The molecule has 0 bridgehead atoms. The lowest BCUT2D eigenvalue weighted by Crippen LogP contribution is -2.40. The van der Waals surface area contributed by atoms with Crippen molar-refractivity contribution in [1.29, 1.82) is 0 Å². The molecule has 0 spiro atoms. The SMILES string of the molecule is CCN(CC)C(CNC(=O)C1CC(=O)N(c2ccccc2)C1)c1cccs1. The van der Waals surface area contributed by atoms with Gasteiger partial charge in [0.25, 0.3) is 0 Å². The summed E-state index contributed by atoms with van der Waals surface area (Å²) >= 11 is 1.72. The summed E-state index contributed by atoms with van der Waals surface area (Å²) in [5.41, 5.74) is 0.859. The Bertz CT molecular complexity index is 744. The second kappa shape index (κ2) is 9.15. The highest BCUT2D eigenvalue weighted by atomic mass is 32.1. The third-order valence-electron chi connectivity index (χ3n) is 5.16. The van der Waals surface area contributed by atoms with Crippen molar-refractivity contribution in [3.8, 4) is 0 Å². The van der Waals surface area contributed by atoms with E-state index in [1.807, 2.05) is 36.4 Å². The van der Waals surface area contributed by atoms with E-state index in [0.29, 0.717) is 13.1 Å². The molecule has 1 aliphatic rings. The minimum absolute atomic E-state index is 0.0138. The van der Waals surface area contributed by atoms with Crippen LogP contribution in [0, 0.1) is 5.92 Å². The van der Waals surface area contributed by atoms with Crippen LogP contribution in [0.2, 0.25) is 0 Å². The molecule has 2 heterocycles. The van der Waals surface area contributed by atoms with Gasteiger partial charge in [-0.25, -0.2) is 0 Å². The van der Waals surface area contributed by atoms with E-state index < -0.39 is 0 Å². The Morgan fingerprint density at radius 1 is 1.22 bits per heavy atom. The first-order valence-electron chi connectivity index (χ1n) is 9.54. The maximum atomic E-state index is 12.7. The van der Waals surface area contributed by atoms with Crippen LogP contribution in [0.15, 0.2) is 47.8 Å². The smallest absolute Gasteiger partial charge is 0.227 e. The predicted molar refractivity (Wildman–Crippen MR) is 110 cm³/mol. The van der Waals surface area contributed by atoms with Crippen LogP contribution in [-0.2, 0) is 9.59 Å². The topological polar surface area (TPSA) is 52.7 Å². The zero-order chi connectivity index (χ0) is 19.2. The van der Waals surface area contributed by atoms with Crippen molar-refractivity contribution in [1.82, 2.24) is 10.2 Å². The lowest BCUT2D eigenvalue weighted by molar-refractivity contribution is -0.126. The summed E-state index contributed by atoms with van der Waals surface area (Å²) < 4.78 is 0. The van der Waals surface area contributed by atoms with E-state index >= 15 is 0 Å². The van der Waals surface area contributed by atoms with Crippen molar-refractivity contribution in [2.45, 2.75) is 26.3 Å². The molecule has 2 unspecified atom stereocenters. The largest absolute Gasteiger partial charge is 0.354 e. The maximum Gasteiger partial charge on any atom is 0.227 e. The summed E-state index contributed by atoms with van der Waals surface area (Å²) in [6, 6.07) is 13.9. The van der Waals surface area contributed by atoms with Gasteiger partial charge in [0.2, 0.25) is 11.8 Å². The van der Waals surface area contributed by atoms with Crippen LogP contribution in [0.3, 0.4) is 0 Å². The molecule has 2 aromatic rings. The summed E-state index contributed by atoms with van der Waals surface area (Å²) in [5.74, 6) is -0.311. The Labute approximate surface area is 165 Å². The van der Waals surface area contributed by atoms with Gasteiger partial charge < -0.3 is 10.2 Å². The summed E-state index contributed by atoms with van der Waals surface area (Å²) in [7, 11) is 0. The molecular formula is C21H27N3O2S. The molecule has 2 atom stereocenters. The Balaban J connectivity index is 1.62. The molecule has 0 radical (unpaired) electrons. The van der Waals surface area contributed by atoms with Crippen LogP contribution in [0.25, 0.3) is 0 Å². The average molecular weight is 386 g/mol. The third kappa shape index (κ3) is 4.57. The molecule has 27 heavy (non-hydrogen) atoms. The molecule has 144 valence electrons. The molecule has 1 aliphatic heterocycles. The summed E-state index contributed by atoms with van der Waals surface area (Å²) in [4.78, 5) is 30.4. The summed E-state index contributed by atoms with van der Waals surface area (Å²) in [6.07, 6.45) is 0.273. The minimum Gasteiger partial charge on any atom is -0.354 e. The summed E-state index contributed by atoms with van der Waals surface area (Å²) in [6.45, 7) is 7.15. The van der Waals surface area contributed by atoms with Crippen molar-refractivity contribution >= 4 is 28.8 Å². The van der Waals surface area contributed by atoms with Gasteiger partial charge in [0.15, 0.2) is 0 Å². The number of amides is 2. The molecule has 1 N–H and O–H groups in total. The van der Waals surface area contributed by atoms with Crippen LogP contribution in [0.5, 0.6) is 0 Å². The van der Waals surface area contributed by atoms with E-state index in [1.54, 1.807) is 16.2 Å². The maximum absolute atomic E-state index is 12.7. The van der Waals surface area contributed by atoms with Gasteiger partial charge in [-0.15, -0.1) is 11.3 Å². The minimum atomic E-state index is -0.293. The zero-order valence-corrected chi connectivity index (χ0v) is 16.7. The van der Waals surface area contributed by atoms with Crippen LogP contribution >= 0.6 is 11.3 Å². The van der Waals surface area contributed by atoms with Gasteiger partial charge in [-0.05, 0) is 36.7 Å². The predicted octanol–water partition coefficient (Wildman–Crippen LogP) is 3.30. The van der Waals surface area contributed by atoms with E-state index in [2.05, 4.69) is 35.5 Å². The summed E-state index contributed by atoms with van der Waals surface area (Å²) in [5, 5.41) is 5.17. The third-order valence-corrected chi connectivity index (χ3v) is 6.13. The first-order valence-corrected chi connectivity index (χ1v) is 10.4. The lowest BCUT2D eigenvalue weighted by Gasteiger charge is -2.29. The second-order valence-corrected chi connectivity index (χ2v) is 7.72. The number of benzene rings is 1. The Morgan fingerprint density at radius 2 is 1.96 bits per heavy atom. The van der Waals surface area contributed by atoms with E-state index in [4.69, 9.17) is 0 Å². The fraction of sp³-hybridized carbons (Fsp3) is 0.429. The van der Waals surface area contributed by atoms with Crippen molar-refractivity contribution in [3.05, 3.63) is 52.7 Å². The molecule has 0 saturated carbocycles. The number of nitrogens with zero attached hydrogens (tertiary/aromatic N) is 2. The van der Waals surface area contributed by atoms with Crippen LogP contribution in [0.1, 0.15) is 31.2 Å². The number of rotatable bonds is 8. The normalized spacial score (nSPS) is 18.1. The fourth-order valence-corrected chi connectivity index (χ4v) is 4.50. The van der Waals surface area contributed by atoms with Crippen molar-refractivity contribution < 1.29 is 9.59 Å². The monoisotopic (exact) mass is 385 g/mol. The molecule has 1 aromatic heterocycles. The van der Waals surface area contributed by atoms with E-state index in [1.165, 1.54) is 4.88 Å². The number of hydrogen-bond donors (Lipinski definition) is 1. The second-order valence-electron chi connectivity index (χ2n) is 6.74. The standard InChI is InChI=1S/C21H27N3O2S/c1-3-23(4-2)18(19-11-8-12-27-19)14-22-21(26)16-13-20(25)24(15-16)17-9-6-5-7-10-17/h5-12,16,18H,3-4,13-15H2,1-2H3,(H,22,26). The van der Waals surface area contributed by atoms with Gasteiger partial charge in [-0.2, -0.15) is 0 Å². The number of anilines is 1. The molecule has 3 rings (SSSR count).